The van der Waals surface area contributed by atoms with Gasteiger partial charge >= 0.3 is 0 Å². The summed E-state index contributed by atoms with van der Waals surface area (Å²) in [4.78, 5) is 27.4. The van der Waals surface area contributed by atoms with Crippen molar-refractivity contribution in [3.8, 4) is 11.4 Å². The Morgan fingerprint density at radius 2 is 1.87 bits per heavy atom. The van der Waals surface area contributed by atoms with Crippen LogP contribution in [-0.2, 0) is 21.1 Å². The third-order valence-corrected chi connectivity index (χ3v) is 6.64. The number of methoxy groups -OCH3 is 1. The minimum absolute atomic E-state index is 0.0531. The Morgan fingerprint density at radius 1 is 1.10 bits per heavy atom. The van der Waals surface area contributed by atoms with Gasteiger partial charge in [-0.3, -0.25) is 9.59 Å². The van der Waals surface area contributed by atoms with Gasteiger partial charge in [0.05, 0.1) is 24.4 Å². The fourth-order valence-electron chi connectivity index (χ4n) is 4.01. The van der Waals surface area contributed by atoms with E-state index in [1.54, 1.807) is 28.5 Å². The highest BCUT2D eigenvalue weighted by atomic mass is 32.2. The van der Waals surface area contributed by atoms with E-state index in [1.807, 2.05) is 54.6 Å². The second-order valence-electron chi connectivity index (χ2n) is 7.61. The second kappa shape index (κ2) is 8.11. The van der Waals surface area contributed by atoms with Crippen molar-refractivity contribution in [2.45, 2.75) is 17.9 Å². The number of anilines is 2. The summed E-state index contributed by atoms with van der Waals surface area (Å²) in [5.74, 6) is 2.48. The maximum Gasteiger partial charge on any atom is 0.230 e. The molecular weight excluding hydrogens is 412 g/mol. The van der Waals surface area contributed by atoms with Crippen molar-refractivity contribution in [3.63, 3.8) is 0 Å². The summed E-state index contributed by atoms with van der Waals surface area (Å²) in [5, 5.41) is 7.82. The molecule has 1 aromatic heterocycles. The molecule has 1 unspecified atom stereocenters. The van der Waals surface area contributed by atoms with Crippen LogP contribution < -0.4 is 15.0 Å². The van der Waals surface area contributed by atoms with Crippen molar-refractivity contribution >= 4 is 35.1 Å². The number of hydrogen-bond acceptors (Lipinski definition) is 5. The number of ether oxygens (including phenoxy) is 1. The smallest absolute Gasteiger partial charge is 0.230 e. The van der Waals surface area contributed by atoms with Gasteiger partial charge in [-0.15, -0.1) is 0 Å². The molecule has 0 spiro atoms. The normalized spacial score (nSPS) is 17.6. The first-order chi connectivity index (χ1) is 15.1. The highest BCUT2D eigenvalue weighted by Gasteiger charge is 2.36. The molecule has 8 heteroatoms. The van der Waals surface area contributed by atoms with E-state index in [9.17, 15) is 9.59 Å². The summed E-state index contributed by atoms with van der Waals surface area (Å²) < 4.78 is 6.99. The molecule has 3 aromatic rings. The molecule has 3 heterocycles. The second-order valence-corrected chi connectivity index (χ2v) is 8.59. The van der Waals surface area contributed by atoms with Crippen LogP contribution >= 0.6 is 11.8 Å². The molecular formula is C23H22N4O3S. The van der Waals surface area contributed by atoms with Crippen LogP contribution in [0.5, 0.6) is 5.75 Å². The zero-order chi connectivity index (χ0) is 21.4. The standard InChI is InChI=1S/C23H22N4O3S/c1-30-18-9-7-16(8-10-18)26-12-15(11-21(26)28)23(29)24-22-19-13-31-14-20(19)25-27(22)17-5-3-2-4-6-17/h2-10,15H,11-14H2,1H3,(H,24,29). The van der Waals surface area contributed by atoms with Gasteiger partial charge < -0.3 is 15.0 Å². The molecule has 0 saturated carbocycles. The van der Waals surface area contributed by atoms with Crippen LogP contribution in [0.15, 0.2) is 54.6 Å². The van der Waals surface area contributed by atoms with Crippen LogP contribution in [0.25, 0.3) is 5.69 Å². The van der Waals surface area contributed by atoms with Gasteiger partial charge in [0.15, 0.2) is 0 Å². The van der Waals surface area contributed by atoms with Gasteiger partial charge in [0, 0.05) is 35.7 Å². The zero-order valence-electron chi connectivity index (χ0n) is 17.1. The van der Waals surface area contributed by atoms with Crippen molar-refractivity contribution < 1.29 is 14.3 Å². The number of aromatic nitrogens is 2. The van der Waals surface area contributed by atoms with Gasteiger partial charge in [0.2, 0.25) is 11.8 Å². The molecule has 0 bridgehead atoms. The number of para-hydroxylation sites is 1. The van der Waals surface area contributed by atoms with Crippen molar-refractivity contribution in [1.82, 2.24) is 9.78 Å². The Kier molecular flexibility index (Phi) is 5.15. The molecule has 0 aliphatic carbocycles. The minimum atomic E-state index is -0.418. The molecule has 1 atom stereocenters. The number of nitrogens with zero attached hydrogens (tertiary/aromatic N) is 3. The molecule has 1 N–H and O–H groups in total. The van der Waals surface area contributed by atoms with Gasteiger partial charge in [-0.1, -0.05) is 18.2 Å². The lowest BCUT2D eigenvalue weighted by Gasteiger charge is -2.17. The van der Waals surface area contributed by atoms with E-state index in [1.165, 1.54) is 0 Å². The molecule has 5 rings (SSSR count). The van der Waals surface area contributed by atoms with E-state index in [2.05, 4.69) is 5.32 Å². The van der Waals surface area contributed by atoms with Crippen LogP contribution in [-0.4, -0.2) is 35.2 Å². The molecule has 2 amide bonds. The first kappa shape index (κ1) is 19.7. The Hall–Kier alpha value is -3.26. The molecule has 0 radical (unpaired) electrons. The van der Waals surface area contributed by atoms with Crippen molar-refractivity contribution in [2.75, 3.05) is 23.9 Å². The van der Waals surface area contributed by atoms with Gasteiger partial charge in [-0.2, -0.15) is 16.9 Å². The van der Waals surface area contributed by atoms with Crippen LogP contribution in [0.4, 0.5) is 11.5 Å². The highest BCUT2D eigenvalue weighted by molar-refractivity contribution is 7.98. The minimum Gasteiger partial charge on any atom is -0.497 e. The van der Waals surface area contributed by atoms with E-state index in [4.69, 9.17) is 9.84 Å². The van der Waals surface area contributed by atoms with Crippen molar-refractivity contribution in [3.05, 3.63) is 65.9 Å². The summed E-state index contributed by atoms with van der Waals surface area (Å²) in [6.07, 6.45) is 0.189. The number of benzene rings is 2. The lowest BCUT2D eigenvalue weighted by Crippen LogP contribution is -2.28. The van der Waals surface area contributed by atoms with Crippen LogP contribution in [0.2, 0.25) is 0 Å². The maximum atomic E-state index is 13.2. The van der Waals surface area contributed by atoms with Gasteiger partial charge in [0.1, 0.15) is 11.6 Å². The molecule has 1 fully saturated rings. The Bertz CT molecular complexity index is 1130. The predicted molar refractivity (Wildman–Crippen MR) is 121 cm³/mol. The number of carbonyl (C=O) groups is 2. The Labute approximate surface area is 184 Å². The number of thioether (sulfide) groups is 1. The van der Waals surface area contributed by atoms with E-state index in [0.717, 1.165) is 39.9 Å². The number of amides is 2. The third kappa shape index (κ3) is 3.67. The molecule has 158 valence electrons. The van der Waals surface area contributed by atoms with E-state index < -0.39 is 5.92 Å². The monoisotopic (exact) mass is 434 g/mol. The Balaban J connectivity index is 1.37. The quantitative estimate of drug-likeness (QED) is 0.664. The molecule has 7 nitrogen and oxygen atoms in total. The number of rotatable bonds is 5. The topological polar surface area (TPSA) is 76.5 Å². The number of carbonyl (C=O) groups excluding carboxylic acids is 2. The molecule has 2 aromatic carbocycles. The summed E-state index contributed by atoms with van der Waals surface area (Å²) >= 11 is 1.79. The van der Waals surface area contributed by atoms with Gasteiger partial charge in [0.25, 0.3) is 0 Å². The molecule has 2 aliphatic heterocycles. The lowest BCUT2D eigenvalue weighted by atomic mass is 10.1. The van der Waals surface area contributed by atoms with Crippen LogP contribution in [0, 0.1) is 5.92 Å². The number of hydrogen-bond donors (Lipinski definition) is 1. The van der Waals surface area contributed by atoms with E-state index in [-0.39, 0.29) is 18.2 Å². The first-order valence-corrected chi connectivity index (χ1v) is 11.3. The molecule has 2 aliphatic rings. The fourth-order valence-corrected chi connectivity index (χ4v) is 5.05. The molecule has 31 heavy (non-hydrogen) atoms. The van der Waals surface area contributed by atoms with Crippen LogP contribution in [0.3, 0.4) is 0 Å². The lowest BCUT2D eigenvalue weighted by molar-refractivity contribution is -0.122. The number of fused-ring (bicyclic) bond motifs is 1. The van der Waals surface area contributed by atoms with Gasteiger partial charge in [-0.05, 0) is 36.4 Å². The Morgan fingerprint density at radius 3 is 2.61 bits per heavy atom. The fraction of sp³-hybridized carbons (Fsp3) is 0.261. The third-order valence-electron chi connectivity index (χ3n) is 5.67. The zero-order valence-corrected chi connectivity index (χ0v) is 17.9. The SMILES string of the molecule is COc1ccc(N2CC(C(=O)Nc3c4c(nn3-c3ccccc3)CSC4)CC2=O)cc1. The summed E-state index contributed by atoms with van der Waals surface area (Å²) in [5.41, 5.74) is 3.75. The number of nitrogens with one attached hydrogen (secondary N) is 1. The average Bonchev–Trinajstić information content (AvgIpc) is 3.50. The van der Waals surface area contributed by atoms with Crippen molar-refractivity contribution in [1.29, 1.82) is 0 Å². The maximum absolute atomic E-state index is 13.2. The summed E-state index contributed by atoms with van der Waals surface area (Å²) in [7, 11) is 1.60. The van der Waals surface area contributed by atoms with E-state index >= 15 is 0 Å². The predicted octanol–water partition coefficient (Wildman–Crippen LogP) is 3.62. The van der Waals surface area contributed by atoms with E-state index in [0.29, 0.717) is 12.4 Å². The largest absolute Gasteiger partial charge is 0.497 e. The first-order valence-electron chi connectivity index (χ1n) is 10.1. The average molecular weight is 435 g/mol. The van der Waals surface area contributed by atoms with Crippen molar-refractivity contribution in [2.24, 2.45) is 5.92 Å². The summed E-state index contributed by atoms with van der Waals surface area (Å²) in [6, 6.07) is 17.1. The van der Waals surface area contributed by atoms with Gasteiger partial charge in [-0.25, -0.2) is 4.68 Å². The summed E-state index contributed by atoms with van der Waals surface area (Å²) in [6.45, 7) is 0.355. The van der Waals surface area contributed by atoms with Crippen LogP contribution in [0.1, 0.15) is 17.7 Å². The molecule has 1 saturated heterocycles. The highest BCUT2D eigenvalue weighted by Crippen LogP contribution is 2.36.